The van der Waals surface area contributed by atoms with Crippen LogP contribution in [0.3, 0.4) is 0 Å². The molecule has 84 valence electrons. The average molecular weight is 236 g/mol. The van der Waals surface area contributed by atoms with Gasteiger partial charge in [0, 0.05) is 12.7 Å². The summed E-state index contributed by atoms with van der Waals surface area (Å²) >= 11 is 5.91. The first-order valence-corrected chi connectivity index (χ1v) is 5.51. The monoisotopic (exact) mass is 235 g/mol. The molecule has 4 heteroatoms. The fraction of sp³-hybridized carbons (Fsp3) is 0.250. The van der Waals surface area contributed by atoms with Crippen LogP contribution in [-0.2, 0) is 13.6 Å². The fourth-order valence-electron chi connectivity index (χ4n) is 1.52. The number of imidazole rings is 1. The maximum atomic E-state index is 5.91. The van der Waals surface area contributed by atoms with Crippen LogP contribution in [0.4, 0.5) is 5.69 Å². The van der Waals surface area contributed by atoms with Crippen LogP contribution in [-0.4, -0.2) is 9.55 Å². The van der Waals surface area contributed by atoms with Crippen molar-refractivity contribution >= 4 is 17.3 Å². The number of hydrogen-bond acceptors (Lipinski definition) is 2. The van der Waals surface area contributed by atoms with Crippen molar-refractivity contribution in [2.24, 2.45) is 7.05 Å². The van der Waals surface area contributed by atoms with Crippen LogP contribution < -0.4 is 5.32 Å². The second-order valence-corrected chi connectivity index (χ2v) is 4.17. The zero-order valence-corrected chi connectivity index (χ0v) is 10.1. The van der Waals surface area contributed by atoms with Crippen LogP contribution in [0.15, 0.2) is 30.5 Å². The van der Waals surface area contributed by atoms with E-state index >= 15 is 0 Å². The molecule has 3 nitrogen and oxygen atoms in total. The molecule has 1 N–H and O–H groups in total. The minimum Gasteiger partial charge on any atom is -0.378 e. The molecule has 0 aliphatic heterocycles. The lowest BCUT2D eigenvalue weighted by atomic mass is 10.2. The zero-order valence-electron chi connectivity index (χ0n) is 9.37. The van der Waals surface area contributed by atoms with E-state index in [1.807, 2.05) is 23.7 Å². The summed E-state index contributed by atoms with van der Waals surface area (Å²) < 4.78 is 1.87. The van der Waals surface area contributed by atoms with Crippen molar-refractivity contribution in [3.8, 4) is 0 Å². The third kappa shape index (κ3) is 2.36. The Labute approximate surface area is 100 Å². The van der Waals surface area contributed by atoms with Crippen LogP contribution in [0, 0.1) is 6.92 Å². The lowest BCUT2D eigenvalue weighted by molar-refractivity contribution is 0.813. The molecule has 16 heavy (non-hydrogen) atoms. The number of hydrogen-bond donors (Lipinski definition) is 1. The molecule has 2 rings (SSSR count). The molecule has 0 aliphatic rings. The van der Waals surface area contributed by atoms with Gasteiger partial charge >= 0.3 is 0 Å². The van der Waals surface area contributed by atoms with E-state index in [2.05, 4.69) is 29.4 Å². The number of nitrogens with one attached hydrogen (secondary N) is 1. The van der Waals surface area contributed by atoms with Crippen molar-refractivity contribution in [1.82, 2.24) is 9.55 Å². The Bertz CT molecular complexity index is 491. The lowest BCUT2D eigenvalue weighted by Gasteiger charge is -2.07. The molecule has 0 aliphatic carbocycles. The Balaban J connectivity index is 2.05. The summed E-state index contributed by atoms with van der Waals surface area (Å²) in [5.41, 5.74) is 2.34. The first kappa shape index (κ1) is 11.0. The highest BCUT2D eigenvalue weighted by atomic mass is 35.5. The van der Waals surface area contributed by atoms with E-state index in [1.165, 1.54) is 5.56 Å². The number of benzene rings is 1. The van der Waals surface area contributed by atoms with Gasteiger partial charge < -0.3 is 9.88 Å². The predicted molar refractivity (Wildman–Crippen MR) is 66.7 cm³/mol. The molecule has 0 spiro atoms. The summed E-state index contributed by atoms with van der Waals surface area (Å²) in [6.45, 7) is 2.75. The molecule has 0 atom stereocenters. The third-order valence-electron chi connectivity index (χ3n) is 2.50. The largest absolute Gasteiger partial charge is 0.378 e. The Kier molecular flexibility index (Phi) is 3.15. The second-order valence-electron chi connectivity index (χ2n) is 3.78. The Morgan fingerprint density at radius 1 is 1.44 bits per heavy atom. The van der Waals surface area contributed by atoms with E-state index in [1.54, 1.807) is 6.20 Å². The molecule has 1 heterocycles. The van der Waals surface area contributed by atoms with Crippen LogP contribution in [0.5, 0.6) is 0 Å². The van der Waals surface area contributed by atoms with E-state index in [0.29, 0.717) is 11.7 Å². The molecule has 2 aromatic rings. The van der Waals surface area contributed by atoms with Crippen molar-refractivity contribution in [3.05, 3.63) is 47.0 Å². The van der Waals surface area contributed by atoms with Crippen molar-refractivity contribution in [1.29, 1.82) is 0 Å². The van der Waals surface area contributed by atoms with Gasteiger partial charge in [0.2, 0.25) is 0 Å². The van der Waals surface area contributed by atoms with Gasteiger partial charge in [-0.15, -0.1) is 0 Å². The van der Waals surface area contributed by atoms with Crippen LogP contribution >= 0.6 is 11.6 Å². The summed E-state index contributed by atoms with van der Waals surface area (Å²) in [6.07, 6.45) is 1.66. The maximum Gasteiger partial charge on any atom is 0.128 e. The smallest absolute Gasteiger partial charge is 0.128 e. The summed E-state index contributed by atoms with van der Waals surface area (Å²) in [7, 11) is 1.91. The molecule has 0 fully saturated rings. The van der Waals surface area contributed by atoms with E-state index in [0.717, 1.165) is 11.5 Å². The van der Waals surface area contributed by atoms with E-state index in [9.17, 15) is 0 Å². The first-order valence-electron chi connectivity index (χ1n) is 5.13. The number of aryl methyl sites for hydroxylation is 1. The first-order chi connectivity index (χ1) is 7.66. The van der Waals surface area contributed by atoms with Crippen molar-refractivity contribution in [3.63, 3.8) is 0 Å². The molecular formula is C12H14ClN3. The minimum atomic E-state index is 0.654. The highest BCUT2D eigenvalue weighted by molar-refractivity contribution is 6.29. The van der Waals surface area contributed by atoms with Crippen LogP contribution in [0.2, 0.25) is 5.15 Å². The van der Waals surface area contributed by atoms with E-state index < -0.39 is 0 Å². The average Bonchev–Trinajstić information content (AvgIpc) is 2.57. The van der Waals surface area contributed by atoms with Gasteiger partial charge in [-0.25, -0.2) is 4.98 Å². The second kappa shape index (κ2) is 4.58. The Morgan fingerprint density at radius 3 is 2.88 bits per heavy atom. The standard InChI is InChI=1S/C12H14ClN3/c1-9-4-3-5-10(6-9)14-8-12-15-7-11(13)16(12)2/h3-7,14H,8H2,1-2H3. The molecule has 0 radical (unpaired) electrons. The van der Waals surface area contributed by atoms with Gasteiger partial charge in [0.1, 0.15) is 11.0 Å². The Hall–Kier alpha value is -1.48. The fourth-order valence-corrected chi connectivity index (χ4v) is 1.67. The summed E-state index contributed by atoms with van der Waals surface area (Å²) in [5.74, 6) is 0.923. The van der Waals surface area contributed by atoms with Gasteiger partial charge in [0.15, 0.2) is 0 Å². The molecular weight excluding hydrogens is 222 g/mol. The van der Waals surface area contributed by atoms with Crippen molar-refractivity contribution in [2.45, 2.75) is 13.5 Å². The highest BCUT2D eigenvalue weighted by Crippen LogP contribution is 2.13. The van der Waals surface area contributed by atoms with Gasteiger partial charge in [0.25, 0.3) is 0 Å². The lowest BCUT2D eigenvalue weighted by Crippen LogP contribution is -2.06. The molecule has 1 aromatic carbocycles. The Morgan fingerprint density at radius 2 is 2.25 bits per heavy atom. The molecule has 0 unspecified atom stereocenters. The highest BCUT2D eigenvalue weighted by Gasteiger charge is 2.03. The SMILES string of the molecule is Cc1cccc(NCc2ncc(Cl)n2C)c1. The third-order valence-corrected chi connectivity index (χ3v) is 2.85. The van der Waals surface area contributed by atoms with Gasteiger partial charge in [-0.1, -0.05) is 23.7 Å². The van der Waals surface area contributed by atoms with Gasteiger partial charge in [0.05, 0.1) is 12.7 Å². The number of aromatic nitrogens is 2. The number of rotatable bonds is 3. The minimum absolute atomic E-state index is 0.654. The maximum absolute atomic E-state index is 5.91. The van der Waals surface area contributed by atoms with E-state index in [-0.39, 0.29) is 0 Å². The molecule has 1 aromatic heterocycles. The predicted octanol–water partition coefficient (Wildman–Crippen LogP) is 2.99. The van der Waals surface area contributed by atoms with Crippen molar-refractivity contribution < 1.29 is 0 Å². The summed E-state index contributed by atoms with van der Waals surface area (Å²) in [6, 6.07) is 8.24. The number of anilines is 1. The molecule has 0 saturated carbocycles. The van der Waals surface area contributed by atoms with Gasteiger partial charge in [-0.05, 0) is 24.6 Å². The molecule has 0 saturated heterocycles. The summed E-state index contributed by atoms with van der Waals surface area (Å²) in [4.78, 5) is 4.22. The van der Waals surface area contributed by atoms with Gasteiger partial charge in [-0.2, -0.15) is 0 Å². The quantitative estimate of drug-likeness (QED) is 0.887. The molecule has 0 bridgehead atoms. The van der Waals surface area contributed by atoms with E-state index in [4.69, 9.17) is 11.6 Å². The molecule has 0 amide bonds. The number of halogens is 1. The van der Waals surface area contributed by atoms with Crippen molar-refractivity contribution in [2.75, 3.05) is 5.32 Å². The van der Waals surface area contributed by atoms with Crippen LogP contribution in [0.25, 0.3) is 0 Å². The van der Waals surface area contributed by atoms with Gasteiger partial charge in [-0.3, -0.25) is 0 Å². The normalized spacial score (nSPS) is 10.4. The van der Waals surface area contributed by atoms with Crippen LogP contribution in [0.1, 0.15) is 11.4 Å². The number of nitrogens with zero attached hydrogens (tertiary/aromatic N) is 2. The topological polar surface area (TPSA) is 29.9 Å². The zero-order chi connectivity index (χ0) is 11.5. The summed E-state index contributed by atoms with van der Waals surface area (Å²) in [5, 5.41) is 3.97.